The van der Waals surface area contributed by atoms with Crippen LogP contribution in [0.2, 0.25) is 0 Å². The predicted octanol–water partition coefficient (Wildman–Crippen LogP) is 2.30. The molecule has 1 aliphatic heterocycles. The van der Waals surface area contributed by atoms with Gasteiger partial charge in [0.05, 0.1) is 6.04 Å². The summed E-state index contributed by atoms with van der Waals surface area (Å²) in [6, 6.07) is -0.185. The van der Waals surface area contributed by atoms with Crippen LogP contribution in [-0.2, 0) is 0 Å². The molecule has 2 aliphatic rings. The van der Waals surface area contributed by atoms with E-state index in [1.54, 1.807) is 11.0 Å². The number of carbonyl (C=O) groups is 1. The summed E-state index contributed by atoms with van der Waals surface area (Å²) in [7, 11) is 0. The molecule has 17 heavy (non-hydrogen) atoms. The average molecular weight is 235 g/mol. The molecule has 2 N–H and O–H groups in total. The van der Waals surface area contributed by atoms with E-state index in [0.717, 1.165) is 12.8 Å². The SMILES string of the molecule is C=CCN1C(=O)N=C(N)C1C1CCCCCC1. The molecule has 2 rings (SSSR count). The molecule has 0 aromatic carbocycles. The third-order valence-corrected chi connectivity index (χ3v) is 3.78. The maximum absolute atomic E-state index is 11.7. The van der Waals surface area contributed by atoms with E-state index in [9.17, 15) is 4.79 Å². The van der Waals surface area contributed by atoms with E-state index in [4.69, 9.17) is 5.73 Å². The van der Waals surface area contributed by atoms with Crippen LogP contribution in [0.5, 0.6) is 0 Å². The summed E-state index contributed by atoms with van der Waals surface area (Å²) in [4.78, 5) is 17.4. The maximum atomic E-state index is 11.7. The number of carbonyl (C=O) groups excluding carboxylic acids is 1. The zero-order valence-corrected chi connectivity index (χ0v) is 10.3. The Morgan fingerprint density at radius 1 is 1.35 bits per heavy atom. The first kappa shape index (κ1) is 12.1. The Kier molecular flexibility index (Phi) is 3.82. The van der Waals surface area contributed by atoms with Gasteiger partial charge in [-0.25, -0.2) is 4.79 Å². The Hall–Kier alpha value is -1.32. The van der Waals surface area contributed by atoms with Crippen molar-refractivity contribution in [2.24, 2.45) is 16.6 Å². The van der Waals surface area contributed by atoms with Gasteiger partial charge in [-0.3, -0.25) is 0 Å². The fourth-order valence-electron chi connectivity index (χ4n) is 2.97. The van der Waals surface area contributed by atoms with E-state index >= 15 is 0 Å². The fourth-order valence-corrected chi connectivity index (χ4v) is 2.97. The zero-order valence-electron chi connectivity index (χ0n) is 10.3. The summed E-state index contributed by atoms with van der Waals surface area (Å²) < 4.78 is 0. The first-order chi connectivity index (χ1) is 8.24. The van der Waals surface area contributed by atoms with Crippen LogP contribution in [0.15, 0.2) is 17.6 Å². The summed E-state index contributed by atoms with van der Waals surface area (Å²) in [5.74, 6) is 0.983. The van der Waals surface area contributed by atoms with Gasteiger partial charge in [0.15, 0.2) is 0 Å². The van der Waals surface area contributed by atoms with E-state index in [1.807, 2.05) is 0 Å². The monoisotopic (exact) mass is 235 g/mol. The van der Waals surface area contributed by atoms with Gasteiger partial charge in [-0.2, -0.15) is 4.99 Å². The molecule has 4 nitrogen and oxygen atoms in total. The van der Waals surface area contributed by atoms with Crippen LogP contribution in [0, 0.1) is 5.92 Å². The van der Waals surface area contributed by atoms with Crippen molar-refractivity contribution < 1.29 is 4.79 Å². The second kappa shape index (κ2) is 5.34. The van der Waals surface area contributed by atoms with Crippen molar-refractivity contribution in [2.75, 3.05) is 6.54 Å². The number of rotatable bonds is 3. The van der Waals surface area contributed by atoms with Crippen LogP contribution in [0.4, 0.5) is 4.79 Å². The van der Waals surface area contributed by atoms with E-state index in [2.05, 4.69) is 11.6 Å². The number of urea groups is 1. The van der Waals surface area contributed by atoms with Crippen molar-refractivity contribution in [1.29, 1.82) is 0 Å². The van der Waals surface area contributed by atoms with E-state index in [0.29, 0.717) is 18.3 Å². The molecule has 0 radical (unpaired) electrons. The molecule has 1 fully saturated rings. The highest BCUT2D eigenvalue weighted by molar-refractivity contribution is 6.03. The van der Waals surface area contributed by atoms with E-state index in [-0.39, 0.29) is 12.1 Å². The molecule has 1 atom stereocenters. The number of nitrogens with zero attached hydrogens (tertiary/aromatic N) is 2. The molecule has 4 heteroatoms. The first-order valence-corrected chi connectivity index (χ1v) is 6.49. The highest BCUT2D eigenvalue weighted by atomic mass is 16.2. The molecular formula is C13H21N3O. The van der Waals surface area contributed by atoms with Crippen molar-refractivity contribution in [1.82, 2.24) is 4.90 Å². The minimum atomic E-state index is -0.198. The molecule has 0 aromatic rings. The Balaban J connectivity index is 2.12. The molecular weight excluding hydrogens is 214 g/mol. The van der Waals surface area contributed by atoms with E-state index in [1.165, 1.54) is 25.7 Å². The topological polar surface area (TPSA) is 58.7 Å². The summed E-state index contributed by atoms with van der Waals surface area (Å²) in [5, 5.41) is 0. The molecule has 2 amide bonds. The Morgan fingerprint density at radius 2 is 2.00 bits per heavy atom. The predicted molar refractivity (Wildman–Crippen MR) is 68.9 cm³/mol. The summed E-state index contributed by atoms with van der Waals surface area (Å²) in [5.41, 5.74) is 5.93. The van der Waals surface area contributed by atoms with Crippen molar-refractivity contribution in [2.45, 2.75) is 44.6 Å². The van der Waals surface area contributed by atoms with Gasteiger partial charge in [-0.15, -0.1) is 6.58 Å². The molecule has 0 aromatic heterocycles. The van der Waals surface area contributed by atoms with Crippen molar-refractivity contribution >= 4 is 11.9 Å². The van der Waals surface area contributed by atoms with E-state index < -0.39 is 0 Å². The van der Waals surface area contributed by atoms with Gasteiger partial charge < -0.3 is 10.6 Å². The standard InChI is InChI=1S/C13H21N3O/c1-2-9-16-11(12(14)15-13(16)17)10-7-5-3-4-6-8-10/h2,10-11H,1,3-9H2,(H2,14,15,17). The van der Waals surface area contributed by atoms with Crippen molar-refractivity contribution in [3.63, 3.8) is 0 Å². The van der Waals surface area contributed by atoms with Gasteiger partial charge >= 0.3 is 6.03 Å². The molecule has 1 aliphatic carbocycles. The van der Waals surface area contributed by atoms with Crippen LogP contribution in [0.3, 0.4) is 0 Å². The number of nitrogens with two attached hydrogens (primary N) is 1. The summed E-state index contributed by atoms with van der Waals surface area (Å²) in [6.07, 6.45) is 9.14. The quantitative estimate of drug-likeness (QED) is 0.602. The Labute approximate surface area is 103 Å². The van der Waals surface area contributed by atoms with Gasteiger partial charge in [-0.05, 0) is 18.8 Å². The number of amidine groups is 1. The lowest BCUT2D eigenvalue weighted by Crippen LogP contribution is -2.45. The highest BCUT2D eigenvalue weighted by Crippen LogP contribution is 2.30. The minimum Gasteiger partial charge on any atom is -0.385 e. The second-order valence-electron chi connectivity index (χ2n) is 4.96. The lowest BCUT2D eigenvalue weighted by Gasteiger charge is -2.29. The molecule has 0 spiro atoms. The molecule has 94 valence electrons. The van der Waals surface area contributed by atoms with Crippen molar-refractivity contribution in [3.05, 3.63) is 12.7 Å². The third-order valence-electron chi connectivity index (χ3n) is 3.78. The second-order valence-corrected chi connectivity index (χ2v) is 4.96. The number of aliphatic imine (C=N–C) groups is 1. The van der Waals surface area contributed by atoms with Crippen LogP contribution < -0.4 is 5.73 Å². The minimum absolute atomic E-state index is 0.0126. The highest BCUT2D eigenvalue weighted by Gasteiger charge is 2.38. The van der Waals surface area contributed by atoms with Crippen molar-refractivity contribution in [3.8, 4) is 0 Å². The third kappa shape index (κ3) is 2.51. The Bertz CT molecular complexity index is 330. The van der Waals surface area contributed by atoms with Crippen LogP contribution in [0.1, 0.15) is 38.5 Å². The van der Waals surface area contributed by atoms with Crippen LogP contribution in [0.25, 0.3) is 0 Å². The normalized spacial score (nSPS) is 26.8. The largest absolute Gasteiger partial charge is 0.385 e. The molecule has 1 saturated carbocycles. The lowest BCUT2D eigenvalue weighted by molar-refractivity contribution is 0.193. The van der Waals surface area contributed by atoms with Gasteiger partial charge in [0.2, 0.25) is 0 Å². The number of hydrogen-bond donors (Lipinski definition) is 1. The average Bonchev–Trinajstić information content (AvgIpc) is 2.52. The smallest absolute Gasteiger partial charge is 0.346 e. The number of amides is 2. The maximum Gasteiger partial charge on any atom is 0.346 e. The lowest BCUT2D eigenvalue weighted by atomic mass is 9.90. The number of hydrogen-bond acceptors (Lipinski definition) is 2. The van der Waals surface area contributed by atoms with Gasteiger partial charge in [-0.1, -0.05) is 31.8 Å². The van der Waals surface area contributed by atoms with Gasteiger partial charge in [0.25, 0.3) is 0 Å². The van der Waals surface area contributed by atoms with Crippen LogP contribution >= 0.6 is 0 Å². The molecule has 0 saturated heterocycles. The zero-order chi connectivity index (χ0) is 12.3. The molecule has 1 heterocycles. The first-order valence-electron chi connectivity index (χ1n) is 6.49. The molecule has 1 unspecified atom stereocenters. The fraction of sp³-hybridized carbons (Fsp3) is 0.692. The summed E-state index contributed by atoms with van der Waals surface area (Å²) >= 11 is 0. The summed E-state index contributed by atoms with van der Waals surface area (Å²) in [6.45, 7) is 4.24. The van der Waals surface area contributed by atoms with Crippen LogP contribution in [-0.4, -0.2) is 29.4 Å². The van der Waals surface area contributed by atoms with Gasteiger partial charge in [0.1, 0.15) is 5.84 Å². The molecule has 0 bridgehead atoms. The van der Waals surface area contributed by atoms with Gasteiger partial charge in [0, 0.05) is 6.54 Å². The Morgan fingerprint density at radius 3 is 2.59 bits per heavy atom.